The lowest BCUT2D eigenvalue weighted by Gasteiger charge is -2.34. The van der Waals surface area contributed by atoms with Crippen LogP contribution in [0.3, 0.4) is 0 Å². The van der Waals surface area contributed by atoms with Crippen molar-refractivity contribution in [3.05, 3.63) is 70.2 Å². The second-order valence-corrected chi connectivity index (χ2v) is 16.0. The van der Waals surface area contributed by atoms with Gasteiger partial charge < -0.3 is 29.7 Å². The number of ether oxygens (including phenoxy) is 2. The van der Waals surface area contributed by atoms with Crippen LogP contribution >= 0.6 is 11.3 Å². The van der Waals surface area contributed by atoms with Crippen LogP contribution in [-0.4, -0.2) is 103 Å². The Bertz CT molecular complexity index is 1670. The zero-order valence-electron chi connectivity index (χ0n) is 29.3. The van der Waals surface area contributed by atoms with Gasteiger partial charge in [-0.15, -0.1) is 11.3 Å². The Labute approximate surface area is 294 Å². The van der Waals surface area contributed by atoms with Gasteiger partial charge in [-0.1, -0.05) is 58.0 Å². The molecule has 2 aromatic carbocycles. The van der Waals surface area contributed by atoms with Crippen LogP contribution in [0, 0.1) is 18.8 Å². The summed E-state index contributed by atoms with van der Waals surface area (Å²) in [6.07, 6.45) is -1.04. The Morgan fingerprint density at radius 1 is 1.04 bits per heavy atom. The predicted molar refractivity (Wildman–Crippen MR) is 189 cm³/mol. The average molecular weight is 716 g/mol. The van der Waals surface area contributed by atoms with E-state index in [-0.39, 0.29) is 48.0 Å². The van der Waals surface area contributed by atoms with Gasteiger partial charge in [-0.3, -0.25) is 4.79 Å². The summed E-state index contributed by atoms with van der Waals surface area (Å²) in [6.45, 7) is 10.5. The first-order valence-electron chi connectivity index (χ1n) is 16.5. The number of aromatic nitrogens is 1. The maximum absolute atomic E-state index is 14.1. The minimum absolute atomic E-state index is 0.00794. The number of methoxy groups -OCH3 is 2. The first kappa shape index (κ1) is 38.1. The van der Waals surface area contributed by atoms with Gasteiger partial charge in [0.1, 0.15) is 6.04 Å². The summed E-state index contributed by atoms with van der Waals surface area (Å²) >= 11 is 1.52. The second-order valence-electron chi connectivity index (χ2n) is 13.0. The number of sulfonamides is 1. The summed E-state index contributed by atoms with van der Waals surface area (Å²) in [5.74, 6) is -0.0538. The van der Waals surface area contributed by atoms with E-state index in [0.29, 0.717) is 25.4 Å². The van der Waals surface area contributed by atoms with Crippen molar-refractivity contribution < 1.29 is 32.6 Å². The molecular formula is C35H49N5O7S2. The summed E-state index contributed by atoms with van der Waals surface area (Å²) in [6, 6.07) is 11.8. The molecule has 0 radical (unpaired) electrons. The molecule has 49 heavy (non-hydrogen) atoms. The molecule has 4 rings (SSSR count). The van der Waals surface area contributed by atoms with Crippen LogP contribution in [0.2, 0.25) is 0 Å². The highest BCUT2D eigenvalue weighted by molar-refractivity contribution is 7.89. The highest BCUT2D eigenvalue weighted by Gasteiger charge is 2.40. The number of rotatable bonds is 17. The Morgan fingerprint density at radius 3 is 2.33 bits per heavy atom. The van der Waals surface area contributed by atoms with Crippen LogP contribution in [0.15, 0.2) is 58.8 Å². The predicted octanol–water partition coefficient (Wildman–Crippen LogP) is 4.17. The molecule has 3 amide bonds. The largest absolute Gasteiger partial charge is 0.493 e. The Morgan fingerprint density at radius 2 is 1.73 bits per heavy atom. The average Bonchev–Trinajstić information content (AvgIpc) is 3.64. The van der Waals surface area contributed by atoms with Gasteiger partial charge in [-0.2, -0.15) is 4.31 Å². The number of urea groups is 1. The van der Waals surface area contributed by atoms with E-state index in [9.17, 15) is 23.1 Å². The van der Waals surface area contributed by atoms with Gasteiger partial charge in [0, 0.05) is 37.6 Å². The van der Waals surface area contributed by atoms with Crippen molar-refractivity contribution in [3.63, 3.8) is 0 Å². The van der Waals surface area contributed by atoms with Crippen molar-refractivity contribution in [2.75, 3.05) is 40.4 Å². The van der Waals surface area contributed by atoms with E-state index in [0.717, 1.165) is 16.3 Å². The van der Waals surface area contributed by atoms with Crippen LogP contribution in [0.4, 0.5) is 4.79 Å². The van der Waals surface area contributed by atoms with E-state index < -0.39 is 34.1 Å². The fourth-order valence-electron chi connectivity index (χ4n) is 6.05. The molecule has 2 N–H and O–H groups in total. The number of nitrogens with zero attached hydrogens (tertiary/aromatic N) is 4. The molecule has 268 valence electrons. The number of benzene rings is 2. The van der Waals surface area contributed by atoms with Crippen molar-refractivity contribution in [2.45, 2.75) is 70.7 Å². The fraction of sp³-hybridized carbons (Fsp3) is 0.514. The number of amides is 3. The molecule has 1 unspecified atom stereocenters. The fourth-order valence-corrected chi connectivity index (χ4v) is 8.29. The van der Waals surface area contributed by atoms with Crippen LogP contribution in [0.1, 0.15) is 44.0 Å². The third kappa shape index (κ3) is 9.50. The molecule has 0 spiro atoms. The first-order valence-corrected chi connectivity index (χ1v) is 18.8. The summed E-state index contributed by atoms with van der Waals surface area (Å²) in [5, 5.41) is 17.7. The van der Waals surface area contributed by atoms with E-state index in [1.54, 1.807) is 9.80 Å². The molecule has 1 saturated heterocycles. The van der Waals surface area contributed by atoms with Gasteiger partial charge in [-0.25, -0.2) is 18.2 Å². The number of thiazole rings is 1. The van der Waals surface area contributed by atoms with Crippen LogP contribution in [0.25, 0.3) is 0 Å². The molecule has 3 atom stereocenters. The number of hydrogen-bond donors (Lipinski definition) is 2. The van der Waals surface area contributed by atoms with Gasteiger partial charge >= 0.3 is 6.03 Å². The molecule has 0 aliphatic carbocycles. The lowest BCUT2D eigenvalue weighted by atomic mass is 9.97. The van der Waals surface area contributed by atoms with Gasteiger partial charge in [-0.05, 0) is 42.9 Å². The molecule has 0 saturated carbocycles. The smallest absolute Gasteiger partial charge is 0.321 e. The van der Waals surface area contributed by atoms with E-state index in [2.05, 4.69) is 10.3 Å². The topological polar surface area (TPSA) is 142 Å². The third-order valence-electron chi connectivity index (χ3n) is 8.43. The van der Waals surface area contributed by atoms with Crippen molar-refractivity contribution in [1.29, 1.82) is 0 Å². The molecule has 1 aliphatic rings. The second kappa shape index (κ2) is 16.8. The van der Waals surface area contributed by atoms with E-state index in [4.69, 9.17) is 9.47 Å². The van der Waals surface area contributed by atoms with Crippen LogP contribution in [-0.2, 0) is 27.8 Å². The number of carbonyl (C=O) groups is 2. The minimum Gasteiger partial charge on any atom is -0.493 e. The number of aryl methyl sites for hydroxylation is 1. The molecule has 12 nitrogen and oxygen atoms in total. The lowest BCUT2D eigenvalue weighted by molar-refractivity contribution is -0.128. The number of aliphatic hydroxyl groups excluding tert-OH is 1. The number of carbonyl (C=O) groups excluding carboxylic acids is 2. The third-order valence-corrected chi connectivity index (χ3v) is 11.1. The normalized spacial score (nSPS) is 15.6. The van der Waals surface area contributed by atoms with Crippen LogP contribution < -0.4 is 14.8 Å². The van der Waals surface area contributed by atoms with E-state index in [1.807, 2.05) is 70.3 Å². The maximum atomic E-state index is 14.1. The molecule has 2 heterocycles. The van der Waals surface area contributed by atoms with E-state index >= 15 is 0 Å². The lowest BCUT2D eigenvalue weighted by Crippen LogP contribution is -2.57. The molecule has 14 heteroatoms. The Balaban J connectivity index is 1.59. The summed E-state index contributed by atoms with van der Waals surface area (Å²) in [4.78, 5) is 35.4. The highest BCUT2D eigenvalue weighted by Crippen LogP contribution is 2.31. The van der Waals surface area contributed by atoms with Crippen molar-refractivity contribution in [3.8, 4) is 11.5 Å². The monoisotopic (exact) mass is 715 g/mol. The van der Waals surface area contributed by atoms with Crippen molar-refractivity contribution in [1.82, 2.24) is 24.4 Å². The minimum atomic E-state index is -4.10. The standard InChI is InChI=1S/C35H49N5O7S2/c1-23(2)19-39(49(44,45)28-13-14-31(46-6)32(18-28)47-7)21-30(41)29(17-26-11-9-8-10-12-26)37-34(42)33(24(3)4)40-16-15-38(35(40)43)20-27-22-48-25(5)36-27/h8-14,18,22-24,29-30,33,41H,15-17,19-21H2,1-7H3,(H,37,42)/t29-,30+,33?/m0/s1. The first-order chi connectivity index (χ1) is 23.2. The molecular weight excluding hydrogens is 667 g/mol. The number of nitrogens with one attached hydrogen (secondary N) is 1. The van der Waals surface area contributed by atoms with Crippen molar-refractivity contribution >= 4 is 33.3 Å². The van der Waals surface area contributed by atoms with Crippen LogP contribution in [0.5, 0.6) is 11.5 Å². The summed E-state index contributed by atoms with van der Waals surface area (Å²) < 4.78 is 39.9. The quantitative estimate of drug-likeness (QED) is 0.212. The summed E-state index contributed by atoms with van der Waals surface area (Å²) in [5.41, 5.74) is 1.66. The number of aliphatic hydroxyl groups is 1. The van der Waals surface area contributed by atoms with Gasteiger partial charge in [0.15, 0.2) is 11.5 Å². The SMILES string of the molecule is COc1ccc(S(=O)(=O)N(CC(C)C)C[C@@H](O)[C@H](Cc2ccccc2)NC(=O)C(C(C)C)N2CCN(Cc3csc(C)n3)C2=O)cc1OC. The van der Waals surface area contributed by atoms with Crippen molar-refractivity contribution in [2.24, 2.45) is 11.8 Å². The van der Waals surface area contributed by atoms with Gasteiger partial charge in [0.2, 0.25) is 15.9 Å². The molecule has 3 aromatic rings. The zero-order chi connectivity index (χ0) is 35.9. The molecule has 1 aliphatic heterocycles. The summed E-state index contributed by atoms with van der Waals surface area (Å²) in [7, 11) is -1.20. The van der Waals surface area contributed by atoms with Gasteiger partial charge in [0.05, 0.1) is 48.5 Å². The van der Waals surface area contributed by atoms with E-state index in [1.165, 1.54) is 48.1 Å². The molecule has 1 aromatic heterocycles. The number of hydrogen-bond acceptors (Lipinski definition) is 9. The molecule has 1 fully saturated rings. The Kier molecular flexibility index (Phi) is 13.1. The highest BCUT2D eigenvalue weighted by atomic mass is 32.2. The Hall–Kier alpha value is -3.72. The molecule has 0 bridgehead atoms. The zero-order valence-corrected chi connectivity index (χ0v) is 31.0. The van der Waals surface area contributed by atoms with Gasteiger partial charge in [0.25, 0.3) is 0 Å². The maximum Gasteiger partial charge on any atom is 0.321 e.